The van der Waals surface area contributed by atoms with Crippen LogP contribution in [0.1, 0.15) is 22.5 Å². The van der Waals surface area contributed by atoms with Gasteiger partial charge in [0.25, 0.3) is 5.91 Å². The van der Waals surface area contributed by atoms with E-state index < -0.39 is 0 Å². The Morgan fingerprint density at radius 3 is 3.10 bits per heavy atom. The van der Waals surface area contributed by atoms with E-state index in [0.29, 0.717) is 12.2 Å². The van der Waals surface area contributed by atoms with Crippen LogP contribution in [0.25, 0.3) is 10.9 Å². The quantitative estimate of drug-likeness (QED) is 0.706. The van der Waals surface area contributed by atoms with E-state index in [4.69, 9.17) is 0 Å². The van der Waals surface area contributed by atoms with Gasteiger partial charge in [0, 0.05) is 36.4 Å². The van der Waals surface area contributed by atoms with Gasteiger partial charge in [0.15, 0.2) is 0 Å². The van der Waals surface area contributed by atoms with Crippen molar-refractivity contribution in [3.05, 3.63) is 54.0 Å². The molecule has 108 valence electrons. The number of fused-ring (bicyclic) bond motifs is 1. The summed E-state index contributed by atoms with van der Waals surface area (Å²) in [4.78, 5) is 15.2. The zero-order valence-electron chi connectivity index (χ0n) is 12.0. The molecular weight excluding hydrogens is 264 g/mol. The third kappa shape index (κ3) is 3.13. The van der Waals surface area contributed by atoms with Gasteiger partial charge in [-0.15, -0.1) is 0 Å². The Morgan fingerprint density at radius 1 is 1.38 bits per heavy atom. The van der Waals surface area contributed by atoms with Gasteiger partial charge in [0.05, 0.1) is 0 Å². The second-order valence-electron chi connectivity index (χ2n) is 5.15. The largest absolute Gasteiger partial charge is 0.351 e. The van der Waals surface area contributed by atoms with Crippen LogP contribution in [-0.2, 0) is 6.54 Å². The van der Waals surface area contributed by atoms with Crippen LogP contribution >= 0.6 is 0 Å². The summed E-state index contributed by atoms with van der Waals surface area (Å²) in [5.41, 5.74) is 2.78. The molecule has 3 rings (SSSR count). The number of nitrogens with zero attached hydrogens (tertiary/aromatic N) is 2. The summed E-state index contributed by atoms with van der Waals surface area (Å²) in [6.45, 7) is 3.48. The topological polar surface area (TPSA) is 62.7 Å². The molecule has 2 heterocycles. The van der Waals surface area contributed by atoms with E-state index in [9.17, 15) is 4.79 Å². The highest BCUT2D eigenvalue weighted by atomic mass is 16.1. The first-order valence-corrected chi connectivity index (χ1v) is 7.07. The van der Waals surface area contributed by atoms with Crippen molar-refractivity contribution in [2.24, 2.45) is 0 Å². The molecule has 2 N–H and O–H groups in total. The fourth-order valence-corrected chi connectivity index (χ4v) is 2.35. The average molecular weight is 282 g/mol. The first-order chi connectivity index (χ1) is 10.2. The van der Waals surface area contributed by atoms with Gasteiger partial charge < -0.3 is 10.3 Å². The van der Waals surface area contributed by atoms with Crippen LogP contribution in [-0.4, -0.2) is 27.2 Å². The van der Waals surface area contributed by atoms with Crippen LogP contribution in [0.3, 0.4) is 0 Å². The van der Waals surface area contributed by atoms with Gasteiger partial charge in [-0.25, -0.2) is 0 Å². The molecule has 0 aliphatic heterocycles. The highest BCUT2D eigenvalue weighted by Gasteiger charge is 2.08. The van der Waals surface area contributed by atoms with Gasteiger partial charge in [0.2, 0.25) is 0 Å². The number of aromatic amines is 1. The standard InChI is InChI=1S/C16H18N4O/c1-12-4-5-14-13(10-12)11-15(19-14)16(21)17-6-2-8-20-9-3-7-18-20/h3-5,7,9-11,19H,2,6,8H2,1H3,(H,17,21). The number of benzene rings is 1. The molecule has 1 aromatic carbocycles. The maximum atomic E-state index is 12.1. The number of H-pyrrole nitrogens is 1. The number of rotatable bonds is 5. The lowest BCUT2D eigenvalue weighted by Crippen LogP contribution is -2.25. The molecule has 2 aromatic heterocycles. The van der Waals surface area contributed by atoms with Crippen molar-refractivity contribution in [3.63, 3.8) is 0 Å². The normalized spacial score (nSPS) is 10.9. The van der Waals surface area contributed by atoms with Gasteiger partial charge in [-0.3, -0.25) is 9.48 Å². The summed E-state index contributed by atoms with van der Waals surface area (Å²) in [7, 11) is 0. The number of carbonyl (C=O) groups is 1. The zero-order valence-corrected chi connectivity index (χ0v) is 12.0. The average Bonchev–Trinajstić information content (AvgIpc) is 3.11. The number of aryl methyl sites for hydroxylation is 2. The number of nitrogens with one attached hydrogen (secondary N) is 2. The van der Waals surface area contributed by atoms with E-state index >= 15 is 0 Å². The summed E-state index contributed by atoms with van der Waals surface area (Å²) in [5.74, 6) is -0.0654. The van der Waals surface area contributed by atoms with Crippen LogP contribution < -0.4 is 5.32 Å². The molecule has 0 saturated carbocycles. The third-order valence-corrected chi connectivity index (χ3v) is 3.43. The molecule has 3 aromatic rings. The third-order valence-electron chi connectivity index (χ3n) is 3.43. The van der Waals surface area contributed by atoms with Crippen LogP contribution in [0.5, 0.6) is 0 Å². The van der Waals surface area contributed by atoms with E-state index in [0.717, 1.165) is 23.9 Å². The molecular formula is C16H18N4O. The summed E-state index contributed by atoms with van der Waals surface area (Å²) in [6.07, 6.45) is 4.53. The Kier molecular flexibility index (Phi) is 3.73. The van der Waals surface area contributed by atoms with Crippen molar-refractivity contribution < 1.29 is 4.79 Å². The molecule has 0 radical (unpaired) electrons. The van der Waals surface area contributed by atoms with Crippen molar-refractivity contribution in [2.45, 2.75) is 19.9 Å². The number of hydrogen-bond donors (Lipinski definition) is 2. The second-order valence-corrected chi connectivity index (χ2v) is 5.15. The van der Waals surface area contributed by atoms with Crippen LogP contribution in [0, 0.1) is 6.92 Å². The fourth-order valence-electron chi connectivity index (χ4n) is 2.35. The summed E-state index contributed by atoms with van der Waals surface area (Å²) >= 11 is 0. The highest BCUT2D eigenvalue weighted by Crippen LogP contribution is 2.16. The van der Waals surface area contributed by atoms with Crippen LogP contribution in [0.15, 0.2) is 42.7 Å². The van der Waals surface area contributed by atoms with Crippen LogP contribution in [0.2, 0.25) is 0 Å². The Labute approximate surface area is 123 Å². The molecule has 0 unspecified atom stereocenters. The molecule has 0 bridgehead atoms. The number of aromatic nitrogens is 3. The molecule has 5 nitrogen and oxygen atoms in total. The monoisotopic (exact) mass is 282 g/mol. The van der Waals surface area contributed by atoms with E-state index in [2.05, 4.69) is 21.5 Å². The molecule has 5 heteroatoms. The Hall–Kier alpha value is -2.56. The van der Waals surface area contributed by atoms with Crippen molar-refractivity contribution >= 4 is 16.8 Å². The Morgan fingerprint density at radius 2 is 2.29 bits per heavy atom. The maximum absolute atomic E-state index is 12.1. The predicted octanol–water partition coefficient (Wildman–Crippen LogP) is 2.49. The van der Waals surface area contributed by atoms with Crippen molar-refractivity contribution in [2.75, 3.05) is 6.54 Å². The number of carbonyl (C=O) groups excluding carboxylic acids is 1. The van der Waals surface area contributed by atoms with Crippen molar-refractivity contribution in [3.8, 4) is 0 Å². The van der Waals surface area contributed by atoms with E-state index in [1.807, 2.05) is 42.1 Å². The van der Waals surface area contributed by atoms with E-state index in [1.165, 1.54) is 5.56 Å². The minimum Gasteiger partial charge on any atom is -0.351 e. The predicted molar refractivity (Wildman–Crippen MR) is 82.2 cm³/mol. The number of hydrogen-bond acceptors (Lipinski definition) is 2. The molecule has 0 aliphatic rings. The van der Waals surface area contributed by atoms with Crippen molar-refractivity contribution in [1.82, 2.24) is 20.1 Å². The molecule has 21 heavy (non-hydrogen) atoms. The lowest BCUT2D eigenvalue weighted by molar-refractivity contribution is 0.0948. The SMILES string of the molecule is Cc1ccc2[nH]c(C(=O)NCCCn3cccn3)cc2c1. The number of amides is 1. The minimum absolute atomic E-state index is 0.0654. The lowest BCUT2D eigenvalue weighted by atomic mass is 10.2. The molecule has 1 amide bonds. The van der Waals surface area contributed by atoms with Crippen molar-refractivity contribution in [1.29, 1.82) is 0 Å². The Bertz CT molecular complexity index is 743. The lowest BCUT2D eigenvalue weighted by Gasteiger charge is -2.04. The van der Waals surface area contributed by atoms with Gasteiger partial charge in [0.1, 0.15) is 5.69 Å². The van der Waals surface area contributed by atoms with Gasteiger partial charge in [-0.2, -0.15) is 5.10 Å². The van der Waals surface area contributed by atoms with Gasteiger partial charge >= 0.3 is 0 Å². The molecule has 0 aliphatic carbocycles. The van der Waals surface area contributed by atoms with Gasteiger partial charge in [-0.1, -0.05) is 11.6 Å². The molecule has 0 fully saturated rings. The van der Waals surface area contributed by atoms with E-state index in [-0.39, 0.29) is 5.91 Å². The highest BCUT2D eigenvalue weighted by molar-refractivity contribution is 5.98. The maximum Gasteiger partial charge on any atom is 0.267 e. The first kappa shape index (κ1) is 13.4. The van der Waals surface area contributed by atoms with Gasteiger partial charge in [-0.05, 0) is 37.6 Å². The Balaban J connectivity index is 1.56. The molecule has 0 saturated heterocycles. The smallest absolute Gasteiger partial charge is 0.267 e. The zero-order chi connectivity index (χ0) is 14.7. The minimum atomic E-state index is -0.0654. The molecule has 0 spiro atoms. The molecule has 0 atom stereocenters. The first-order valence-electron chi connectivity index (χ1n) is 7.07. The summed E-state index contributed by atoms with van der Waals surface area (Å²) in [6, 6.07) is 9.89. The summed E-state index contributed by atoms with van der Waals surface area (Å²) < 4.78 is 1.86. The second kappa shape index (κ2) is 5.83. The fraction of sp³-hybridized carbons (Fsp3) is 0.250. The summed E-state index contributed by atoms with van der Waals surface area (Å²) in [5, 5.41) is 8.12. The van der Waals surface area contributed by atoms with Crippen LogP contribution in [0.4, 0.5) is 0 Å². The van der Waals surface area contributed by atoms with E-state index in [1.54, 1.807) is 6.20 Å².